The predicted octanol–water partition coefficient (Wildman–Crippen LogP) is 0.741. The first-order valence-electron chi connectivity index (χ1n) is 9.85. The number of hydrogen-bond donors (Lipinski definition) is 1. The molecule has 2 heterocycles. The molecule has 2 fully saturated rings. The Balaban J connectivity index is 1.46. The molecule has 2 amide bonds. The zero-order valence-electron chi connectivity index (χ0n) is 16.8. The average Bonchev–Trinajstić information content (AvgIpc) is 3.07. The summed E-state index contributed by atoms with van der Waals surface area (Å²) in [6.45, 7) is 3.40. The van der Waals surface area contributed by atoms with Crippen LogP contribution in [0.25, 0.3) is 0 Å². The summed E-state index contributed by atoms with van der Waals surface area (Å²) < 4.78 is 10.6. The van der Waals surface area contributed by atoms with Crippen molar-refractivity contribution in [2.75, 3.05) is 50.2 Å². The number of ether oxygens (including phenoxy) is 2. The summed E-state index contributed by atoms with van der Waals surface area (Å²) in [5.74, 6) is 0.767. The van der Waals surface area contributed by atoms with Gasteiger partial charge in [0.25, 0.3) is 5.91 Å². The van der Waals surface area contributed by atoms with Gasteiger partial charge in [-0.25, -0.2) is 4.90 Å². The van der Waals surface area contributed by atoms with Crippen LogP contribution in [0.1, 0.15) is 6.42 Å². The molecule has 2 aliphatic heterocycles. The number of carbonyl (C=O) groups excluding carboxylic acids is 2. The Morgan fingerprint density at radius 1 is 0.897 bits per heavy atom. The molecule has 2 aliphatic rings. The highest BCUT2D eigenvalue weighted by atomic mass is 16.5. The fourth-order valence-corrected chi connectivity index (χ4v) is 4.23. The molecule has 0 spiro atoms. The Hall–Kier alpha value is -3.06. The molecule has 0 aliphatic carbocycles. The smallest absolute Gasteiger partial charge is 0.292 e. The van der Waals surface area contributed by atoms with E-state index in [2.05, 4.69) is 17.0 Å². The number of rotatable bonds is 5. The van der Waals surface area contributed by atoms with Crippen LogP contribution in [0.4, 0.5) is 11.4 Å². The van der Waals surface area contributed by atoms with Gasteiger partial charge in [0, 0.05) is 11.8 Å². The lowest BCUT2D eigenvalue weighted by Gasteiger charge is -2.35. The zero-order valence-corrected chi connectivity index (χ0v) is 16.8. The van der Waals surface area contributed by atoms with Crippen LogP contribution < -0.4 is 24.2 Å². The summed E-state index contributed by atoms with van der Waals surface area (Å²) in [4.78, 5) is 30.6. The molecule has 0 aromatic heterocycles. The van der Waals surface area contributed by atoms with Crippen LogP contribution in [0.2, 0.25) is 0 Å². The first kappa shape index (κ1) is 19.3. The first-order chi connectivity index (χ1) is 14.1. The average molecular weight is 396 g/mol. The fourth-order valence-electron chi connectivity index (χ4n) is 4.23. The molecule has 0 saturated carbocycles. The second-order valence-electron chi connectivity index (χ2n) is 7.34. The lowest BCUT2D eigenvalue weighted by atomic mass is 10.1. The Kier molecular flexibility index (Phi) is 5.40. The van der Waals surface area contributed by atoms with Gasteiger partial charge in [0.05, 0.1) is 52.5 Å². The highest BCUT2D eigenvalue weighted by molar-refractivity contribution is 6.22. The third-order valence-electron chi connectivity index (χ3n) is 5.79. The van der Waals surface area contributed by atoms with Crippen molar-refractivity contribution in [1.82, 2.24) is 0 Å². The van der Waals surface area contributed by atoms with E-state index in [0.717, 1.165) is 26.2 Å². The number of carbonyl (C=O) groups is 2. The predicted molar refractivity (Wildman–Crippen MR) is 110 cm³/mol. The number of nitrogens with one attached hydrogen (secondary N) is 1. The van der Waals surface area contributed by atoms with Crippen molar-refractivity contribution in [3.8, 4) is 11.5 Å². The van der Waals surface area contributed by atoms with Crippen molar-refractivity contribution in [1.29, 1.82) is 0 Å². The number of anilines is 2. The van der Waals surface area contributed by atoms with Gasteiger partial charge in [-0.3, -0.25) is 9.59 Å². The number of benzene rings is 2. The maximum absolute atomic E-state index is 13.1. The first-order valence-corrected chi connectivity index (χ1v) is 9.85. The number of nitrogens with zero attached hydrogens (tertiary/aromatic N) is 2. The highest BCUT2D eigenvalue weighted by Crippen LogP contribution is 2.33. The van der Waals surface area contributed by atoms with Gasteiger partial charge in [-0.1, -0.05) is 18.2 Å². The van der Waals surface area contributed by atoms with Gasteiger partial charge in [0.15, 0.2) is 17.5 Å². The van der Waals surface area contributed by atoms with Crippen LogP contribution in [-0.4, -0.2) is 58.3 Å². The van der Waals surface area contributed by atoms with Crippen LogP contribution in [0.15, 0.2) is 48.5 Å². The van der Waals surface area contributed by atoms with E-state index in [1.807, 2.05) is 18.2 Å². The minimum atomic E-state index is -0.325. The van der Waals surface area contributed by atoms with Crippen molar-refractivity contribution in [2.24, 2.45) is 0 Å². The summed E-state index contributed by atoms with van der Waals surface area (Å²) in [5, 5.41) is 0. The maximum Gasteiger partial charge on any atom is 0.292 e. The van der Waals surface area contributed by atoms with Gasteiger partial charge in [0.2, 0.25) is 5.91 Å². The van der Waals surface area contributed by atoms with Crippen molar-refractivity contribution < 1.29 is 24.0 Å². The standard InChI is InChI=1S/C22H25N3O4/c1-28-19-9-8-17(14-20(19)29-2)25-21(26)15-18(22(25)27)24-12-10-23(11-13-24)16-6-4-3-5-7-16/h3-9,14,18H,10-13,15H2,1-2H3/p+1/t18-/m1/s1. The number of methoxy groups -OCH3 is 2. The number of piperazine rings is 1. The Bertz CT molecular complexity index is 894. The van der Waals surface area contributed by atoms with Crippen LogP contribution in [0.5, 0.6) is 11.5 Å². The molecule has 29 heavy (non-hydrogen) atoms. The van der Waals surface area contributed by atoms with E-state index in [1.165, 1.54) is 22.6 Å². The quantitative estimate of drug-likeness (QED) is 0.756. The van der Waals surface area contributed by atoms with Gasteiger partial charge in [-0.15, -0.1) is 0 Å². The summed E-state index contributed by atoms with van der Waals surface area (Å²) in [5.41, 5.74) is 1.73. The molecular weight excluding hydrogens is 370 g/mol. The minimum Gasteiger partial charge on any atom is -0.493 e. The normalized spacial score (nSPS) is 20.3. The Labute approximate surface area is 170 Å². The maximum atomic E-state index is 13.1. The number of para-hydroxylation sites is 1. The third kappa shape index (κ3) is 3.65. The zero-order chi connectivity index (χ0) is 20.4. The molecule has 0 radical (unpaired) electrons. The molecule has 0 unspecified atom stereocenters. The lowest BCUT2D eigenvalue weighted by molar-refractivity contribution is -0.915. The molecule has 0 bridgehead atoms. The summed E-state index contributed by atoms with van der Waals surface area (Å²) in [6.07, 6.45) is 0.244. The van der Waals surface area contributed by atoms with E-state index in [-0.39, 0.29) is 24.3 Å². The van der Waals surface area contributed by atoms with Gasteiger partial charge in [0.1, 0.15) is 0 Å². The SMILES string of the molecule is COc1ccc(N2C(=O)C[C@@H]([NH+]3CCN(c4ccccc4)CC3)C2=O)cc1OC. The molecule has 1 atom stereocenters. The van der Waals surface area contributed by atoms with Gasteiger partial charge < -0.3 is 19.3 Å². The summed E-state index contributed by atoms with van der Waals surface area (Å²) >= 11 is 0. The van der Waals surface area contributed by atoms with Crippen molar-refractivity contribution in [2.45, 2.75) is 12.5 Å². The Morgan fingerprint density at radius 3 is 2.24 bits per heavy atom. The number of imide groups is 1. The second-order valence-corrected chi connectivity index (χ2v) is 7.34. The molecule has 2 saturated heterocycles. The van der Waals surface area contributed by atoms with Gasteiger partial charge in [-0.05, 0) is 24.3 Å². The molecule has 7 heteroatoms. The largest absolute Gasteiger partial charge is 0.493 e. The molecule has 2 aromatic rings. The van der Waals surface area contributed by atoms with E-state index >= 15 is 0 Å². The van der Waals surface area contributed by atoms with E-state index in [1.54, 1.807) is 25.3 Å². The van der Waals surface area contributed by atoms with E-state index in [4.69, 9.17) is 9.47 Å². The molecular formula is C22H26N3O4+. The molecule has 7 nitrogen and oxygen atoms in total. The van der Waals surface area contributed by atoms with Crippen LogP contribution >= 0.6 is 0 Å². The lowest BCUT2D eigenvalue weighted by Crippen LogP contribution is -3.19. The minimum absolute atomic E-state index is 0.134. The Morgan fingerprint density at radius 2 is 1.59 bits per heavy atom. The number of amides is 2. The topological polar surface area (TPSA) is 63.5 Å². The highest BCUT2D eigenvalue weighted by Gasteiger charge is 2.46. The van der Waals surface area contributed by atoms with Gasteiger partial charge >= 0.3 is 0 Å². The third-order valence-corrected chi connectivity index (χ3v) is 5.79. The second kappa shape index (κ2) is 8.13. The molecule has 1 N–H and O–H groups in total. The van der Waals surface area contributed by atoms with Crippen LogP contribution in [0.3, 0.4) is 0 Å². The number of hydrogen-bond acceptors (Lipinski definition) is 5. The van der Waals surface area contributed by atoms with Crippen molar-refractivity contribution in [3.63, 3.8) is 0 Å². The molecule has 4 rings (SSSR count). The molecule has 2 aromatic carbocycles. The van der Waals surface area contributed by atoms with Gasteiger partial charge in [-0.2, -0.15) is 0 Å². The fraction of sp³-hybridized carbons (Fsp3) is 0.364. The summed E-state index contributed by atoms with van der Waals surface area (Å²) in [6, 6.07) is 15.1. The van der Waals surface area contributed by atoms with E-state index in [0.29, 0.717) is 17.2 Å². The van der Waals surface area contributed by atoms with Crippen LogP contribution in [-0.2, 0) is 9.59 Å². The number of quaternary nitrogens is 1. The molecule has 152 valence electrons. The summed E-state index contributed by atoms with van der Waals surface area (Å²) in [7, 11) is 3.09. The van der Waals surface area contributed by atoms with E-state index < -0.39 is 0 Å². The monoisotopic (exact) mass is 396 g/mol. The van der Waals surface area contributed by atoms with Crippen molar-refractivity contribution in [3.05, 3.63) is 48.5 Å². The van der Waals surface area contributed by atoms with Crippen molar-refractivity contribution >= 4 is 23.2 Å². The van der Waals surface area contributed by atoms with Crippen LogP contribution in [0, 0.1) is 0 Å². The van der Waals surface area contributed by atoms with E-state index in [9.17, 15) is 9.59 Å².